The van der Waals surface area contributed by atoms with E-state index in [1.54, 1.807) is 6.07 Å². The lowest BCUT2D eigenvalue weighted by molar-refractivity contribution is 0.0723. The van der Waals surface area contributed by atoms with Crippen LogP contribution in [0.5, 0.6) is 11.5 Å². The minimum atomic E-state index is -0.137. The van der Waals surface area contributed by atoms with Crippen molar-refractivity contribution in [2.45, 2.75) is 13.1 Å². The fourth-order valence-electron chi connectivity index (χ4n) is 4.57. The molecule has 1 aromatic heterocycles. The van der Waals surface area contributed by atoms with E-state index in [0.29, 0.717) is 30.3 Å². The highest BCUT2D eigenvalue weighted by molar-refractivity contribution is 5.95. The van der Waals surface area contributed by atoms with E-state index in [0.717, 1.165) is 33.2 Å². The van der Waals surface area contributed by atoms with Crippen LogP contribution < -0.4 is 9.47 Å². The Morgan fingerprint density at radius 1 is 0.750 bits per heavy atom. The zero-order chi connectivity index (χ0) is 24.3. The second-order valence-corrected chi connectivity index (χ2v) is 8.77. The van der Waals surface area contributed by atoms with Gasteiger partial charge in [-0.15, -0.1) is 0 Å². The first kappa shape index (κ1) is 21.9. The number of ether oxygens (including phenoxy) is 2. The number of pyridine rings is 1. The summed E-state index contributed by atoms with van der Waals surface area (Å²) in [4.78, 5) is 20.3. The summed E-state index contributed by atoms with van der Waals surface area (Å²) in [6, 6.07) is 35.9. The smallest absolute Gasteiger partial charge is 0.273 e. The number of para-hydroxylation sites is 2. The van der Waals surface area contributed by atoms with Crippen LogP contribution in [0.3, 0.4) is 0 Å². The molecule has 1 aliphatic heterocycles. The van der Waals surface area contributed by atoms with Crippen molar-refractivity contribution in [1.82, 2.24) is 9.88 Å². The number of benzene rings is 4. The largest absolute Gasteiger partial charge is 0.454 e. The number of nitrogens with zero attached hydrogens (tertiary/aromatic N) is 2. The number of carbonyl (C=O) groups excluding carboxylic acids is 1. The Balaban J connectivity index is 1.36. The van der Waals surface area contributed by atoms with Gasteiger partial charge in [-0.2, -0.15) is 0 Å². The fourth-order valence-corrected chi connectivity index (χ4v) is 4.57. The molecule has 0 saturated carbocycles. The van der Waals surface area contributed by atoms with Gasteiger partial charge in [0.15, 0.2) is 11.5 Å². The van der Waals surface area contributed by atoms with Crippen molar-refractivity contribution in [3.8, 4) is 22.6 Å². The number of carbonyl (C=O) groups is 1. The first-order valence-electron chi connectivity index (χ1n) is 11.9. The number of hydrogen-bond acceptors (Lipinski definition) is 4. The lowest BCUT2D eigenvalue weighted by atomic mass is 10.0. The second kappa shape index (κ2) is 9.55. The number of amides is 1. The van der Waals surface area contributed by atoms with E-state index in [4.69, 9.17) is 9.47 Å². The molecule has 0 N–H and O–H groups in total. The van der Waals surface area contributed by atoms with Crippen molar-refractivity contribution in [3.63, 3.8) is 0 Å². The molecular weight excluding hydrogens is 448 g/mol. The molecule has 5 heteroatoms. The molecule has 36 heavy (non-hydrogen) atoms. The Bertz CT molecular complexity index is 1550. The molecule has 176 valence electrons. The third-order valence-electron chi connectivity index (χ3n) is 6.35. The van der Waals surface area contributed by atoms with Crippen LogP contribution in [0.1, 0.15) is 21.6 Å². The van der Waals surface area contributed by atoms with Gasteiger partial charge in [0.1, 0.15) is 5.69 Å². The molecule has 0 saturated heterocycles. The zero-order valence-corrected chi connectivity index (χ0v) is 19.6. The van der Waals surface area contributed by atoms with Gasteiger partial charge in [0.2, 0.25) is 6.79 Å². The molecular formula is C31H24N2O3. The van der Waals surface area contributed by atoms with Gasteiger partial charge in [0.25, 0.3) is 5.91 Å². The molecule has 1 aliphatic rings. The molecule has 0 aliphatic carbocycles. The van der Waals surface area contributed by atoms with E-state index in [9.17, 15) is 4.79 Å². The predicted octanol–water partition coefficient (Wildman–Crippen LogP) is 6.47. The highest BCUT2D eigenvalue weighted by Crippen LogP contribution is 2.36. The van der Waals surface area contributed by atoms with E-state index in [1.807, 2.05) is 77.7 Å². The third-order valence-corrected chi connectivity index (χ3v) is 6.35. The Hall–Kier alpha value is -4.64. The van der Waals surface area contributed by atoms with E-state index in [1.165, 1.54) is 0 Å². The maximum Gasteiger partial charge on any atom is 0.273 e. The minimum Gasteiger partial charge on any atom is -0.454 e. The third kappa shape index (κ3) is 4.39. The molecule has 0 bridgehead atoms. The summed E-state index contributed by atoms with van der Waals surface area (Å²) < 4.78 is 11.3. The molecule has 5 aromatic rings. The zero-order valence-electron chi connectivity index (χ0n) is 19.6. The van der Waals surface area contributed by atoms with Crippen LogP contribution in [-0.4, -0.2) is 22.6 Å². The van der Waals surface area contributed by atoms with Crippen molar-refractivity contribution < 1.29 is 14.3 Å². The molecule has 6 rings (SSSR count). The summed E-state index contributed by atoms with van der Waals surface area (Å²) in [5.74, 6) is 1.26. The van der Waals surface area contributed by atoms with E-state index < -0.39 is 0 Å². The molecule has 0 fully saturated rings. The van der Waals surface area contributed by atoms with Gasteiger partial charge >= 0.3 is 0 Å². The summed E-state index contributed by atoms with van der Waals surface area (Å²) in [5.41, 5.74) is 5.40. The van der Waals surface area contributed by atoms with E-state index >= 15 is 0 Å². The van der Waals surface area contributed by atoms with Crippen LogP contribution in [0.15, 0.2) is 109 Å². The van der Waals surface area contributed by atoms with Gasteiger partial charge in [-0.25, -0.2) is 4.98 Å². The first-order chi connectivity index (χ1) is 17.7. The van der Waals surface area contributed by atoms with Crippen molar-refractivity contribution in [2.24, 2.45) is 0 Å². The summed E-state index contributed by atoms with van der Waals surface area (Å²) in [5, 5.41) is 1.00. The number of fused-ring (bicyclic) bond motifs is 2. The molecule has 2 heterocycles. The van der Waals surface area contributed by atoms with Crippen molar-refractivity contribution in [3.05, 3.63) is 126 Å². The Kier molecular flexibility index (Phi) is 5.80. The topological polar surface area (TPSA) is 51.7 Å². The minimum absolute atomic E-state index is 0.137. The van der Waals surface area contributed by atoms with Crippen LogP contribution in [0.25, 0.3) is 22.0 Å². The van der Waals surface area contributed by atoms with Crippen molar-refractivity contribution >= 4 is 16.8 Å². The van der Waals surface area contributed by atoms with Crippen LogP contribution in [0.4, 0.5) is 0 Å². The summed E-state index contributed by atoms with van der Waals surface area (Å²) >= 11 is 0. The van der Waals surface area contributed by atoms with Gasteiger partial charge in [0.05, 0.1) is 12.1 Å². The maximum atomic E-state index is 13.8. The van der Waals surface area contributed by atoms with Gasteiger partial charge in [0, 0.05) is 17.5 Å². The lowest BCUT2D eigenvalue weighted by Crippen LogP contribution is -2.31. The maximum absolute atomic E-state index is 13.8. The second-order valence-electron chi connectivity index (χ2n) is 8.77. The molecule has 0 spiro atoms. The lowest BCUT2D eigenvalue weighted by Gasteiger charge is -2.24. The van der Waals surface area contributed by atoms with Crippen LogP contribution >= 0.6 is 0 Å². The summed E-state index contributed by atoms with van der Waals surface area (Å²) in [6.45, 7) is 0.986. The number of hydrogen-bond donors (Lipinski definition) is 0. The Morgan fingerprint density at radius 2 is 1.56 bits per heavy atom. The molecule has 0 unspecified atom stereocenters. The normalized spacial score (nSPS) is 12.0. The number of aromatic nitrogens is 1. The molecule has 4 aromatic carbocycles. The molecule has 1 amide bonds. The van der Waals surface area contributed by atoms with Gasteiger partial charge in [-0.05, 0) is 41.0 Å². The average Bonchev–Trinajstić information content (AvgIpc) is 3.43. The van der Waals surface area contributed by atoms with E-state index in [2.05, 4.69) is 35.3 Å². The number of rotatable bonds is 6. The monoisotopic (exact) mass is 472 g/mol. The van der Waals surface area contributed by atoms with Gasteiger partial charge < -0.3 is 14.4 Å². The molecule has 5 nitrogen and oxygen atoms in total. The average molecular weight is 473 g/mol. The first-order valence-corrected chi connectivity index (χ1v) is 11.9. The quantitative estimate of drug-likeness (QED) is 0.284. The predicted molar refractivity (Wildman–Crippen MR) is 140 cm³/mol. The van der Waals surface area contributed by atoms with Crippen molar-refractivity contribution in [1.29, 1.82) is 0 Å². The Morgan fingerprint density at radius 3 is 2.47 bits per heavy atom. The molecule has 0 atom stereocenters. The van der Waals surface area contributed by atoms with Gasteiger partial charge in [-0.3, -0.25) is 4.79 Å². The highest BCUT2D eigenvalue weighted by atomic mass is 16.7. The van der Waals surface area contributed by atoms with Crippen LogP contribution in [0, 0.1) is 0 Å². The molecule has 0 radical (unpaired) electrons. The highest BCUT2D eigenvalue weighted by Gasteiger charge is 2.23. The van der Waals surface area contributed by atoms with Crippen LogP contribution in [-0.2, 0) is 13.1 Å². The van der Waals surface area contributed by atoms with Gasteiger partial charge in [-0.1, -0.05) is 84.9 Å². The van der Waals surface area contributed by atoms with Crippen molar-refractivity contribution in [2.75, 3.05) is 6.79 Å². The van der Waals surface area contributed by atoms with E-state index in [-0.39, 0.29) is 12.7 Å². The Labute approximate surface area is 209 Å². The summed E-state index contributed by atoms with van der Waals surface area (Å²) in [6.07, 6.45) is 0. The summed E-state index contributed by atoms with van der Waals surface area (Å²) in [7, 11) is 0. The van der Waals surface area contributed by atoms with Crippen LogP contribution in [0.2, 0.25) is 0 Å². The standard InChI is InChI=1S/C31H24N2O3/c34-31(28-17-16-24-11-4-5-14-27(24)32-28)33(20-26-13-7-15-29-30(26)36-21-35-29)19-22-8-6-12-25(18-22)23-9-2-1-3-10-23/h1-18H,19-21H2. The SMILES string of the molecule is O=C(c1ccc2ccccc2n1)N(Cc1cccc(-c2ccccc2)c1)Cc1cccc2c1OCO2. The fraction of sp³-hybridized carbons (Fsp3) is 0.0968.